The Labute approximate surface area is 104 Å². The molecule has 0 radical (unpaired) electrons. The van der Waals surface area contributed by atoms with Gasteiger partial charge >= 0.3 is 0 Å². The number of aryl methyl sites for hydroxylation is 1. The molecule has 0 amide bonds. The van der Waals surface area contributed by atoms with Crippen molar-refractivity contribution in [1.82, 2.24) is 5.32 Å². The Bertz CT molecular complexity index is 338. The lowest BCUT2D eigenvalue weighted by Crippen LogP contribution is -2.39. The van der Waals surface area contributed by atoms with Gasteiger partial charge in [-0.2, -0.15) is 0 Å². The van der Waals surface area contributed by atoms with Crippen LogP contribution < -0.4 is 5.32 Å². The van der Waals surface area contributed by atoms with Crippen LogP contribution in [-0.2, 0) is 12.0 Å². The summed E-state index contributed by atoms with van der Waals surface area (Å²) in [5, 5.41) is 13.9. The van der Waals surface area contributed by atoms with Gasteiger partial charge in [0.15, 0.2) is 0 Å². The Morgan fingerprint density at radius 3 is 2.41 bits per heavy atom. The molecule has 1 aliphatic heterocycles. The van der Waals surface area contributed by atoms with Gasteiger partial charge in [-0.15, -0.1) is 0 Å². The smallest absolute Gasteiger partial charge is 0.0920 e. The summed E-state index contributed by atoms with van der Waals surface area (Å²) < 4.78 is 0. The van der Waals surface area contributed by atoms with E-state index in [9.17, 15) is 5.11 Å². The number of benzene rings is 1. The number of aliphatic hydroxyl groups is 1. The lowest BCUT2D eigenvalue weighted by atomic mass is 9.84. The average Bonchev–Trinajstić information content (AvgIpc) is 2.38. The van der Waals surface area contributed by atoms with E-state index in [2.05, 4.69) is 36.5 Å². The standard InChI is InChI=1S/C15H23NO/c1-2-3-4-13-5-7-14(8-6-13)15(17)9-11-16-12-10-15/h5-8,16-17H,2-4,9-12H2,1H3. The summed E-state index contributed by atoms with van der Waals surface area (Å²) in [6, 6.07) is 8.56. The fourth-order valence-electron chi connectivity index (χ4n) is 2.49. The molecule has 2 rings (SSSR count). The molecule has 1 aliphatic rings. The summed E-state index contributed by atoms with van der Waals surface area (Å²) in [6.45, 7) is 4.04. The summed E-state index contributed by atoms with van der Waals surface area (Å²) in [4.78, 5) is 0. The first-order valence-electron chi connectivity index (χ1n) is 6.77. The summed E-state index contributed by atoms with van der Waals surface area (Å²) in [6.07, 6.45) is 5.27. The third-order valence-corrected chi connectivity index (χ3v) is 3.74. The molecule has 1 aromatic rings. The third kappa shape index (κ3) is 3.08. The highest BCUT2D eigenvalue weighted by Crippen LogP contribution is 2.30. The van der Waals surface area contributed by atoms with Crippen LogP contribution in [0.4, 0.5) is 0 Å². The first kappa shape index (κ1) is 12.6. The van der Waals surface area contributed by atoms with Crippen LogP contribution in [0.5, 0.6) is 0 Å². The van der Waals surface area contributed by atoms with Gasteiger partial charge in [-0.05, 0) is 49.9 Å². The second-order valence-corrected chi connectivity index (χ2v) is 5.08. The van der Waals surface area contributed by atoms with Crippen LogP contribution in [0.3, 0.4) is 0 Å². The van der Waals surface area contributed by atoms with Crippen LogP contribution in [0.15, 0.2) is 24.3 Å². The number of hydrogen-bond donors (Lipinski definition) is 2. The average molecular weight is 233 g/mol. The Hall–Kier alpha value is -0.860. The second kappa shape index (κ2) is 5.65. The van der Waals surface area contributed by atoms with Gasteiger partial charge in [-0.1, -0.05) is 37.6 Å². The summed E-state index contributed by atoms with van der Waals surface area (Å²) in [5.74, 6) is 0. The van der Waals surface area contributed by atoms with E-state index in [1.165, 1.54) is 18.4 Å². The molecule has 0 saturated carbocycles. The Morgan fingerprint density at radius 2 is 1.82 bits per heavy atom. The number of unbranched alkanes of at least 4 members (excludes halogenated alkanes) is 1. The van der Waals surface area contributed by atoms with Crippen molar-refractivity contribution in [3.8, 4) is 0 Å². The minimum absolute atomic E-state index is 0.603. The molecule has 2 heteroatoms. The second-order valence-electron chi connectivity index (χ2n) is 5.08. The third-order valence-electron chi connectivity index (χ3n) is 3.74. The molecule has 2 nitrogen and oxygen atoms in total. The van der Waals surface area contributed by atoms with Crippen molar-refractivity contribution in [2.45, 2.75) is 44.6 Å². The molecule has 0 aliphatic carbocycles. The summed E-state index contributed by atoms with van der Waals surface area (Å²) in [7, 11) is 0. The van der Waals surface area contributed by atoms with Gasteiger partial charge in [0.1, 0.15) is 0 Å². The zero-order valence-corrected chi connectivity index (χ0v) is 10.7. The maximum Gasteiger partial charge on any atom is 0.0920 e. The van der Waals surface area contributed by atoms with Crippen LogP contribution >= 0.6 is 0 Å². The quantitative estimate of drug-likeness (QED) is 0.838. The summed E-state index contributed by atoms with van der Waals surface area (Å²) in [5.41, 5.74) is 1.86. The highest BCUT2D eigenvalue weighted by atomic mass is 16.3. The monoisotopic (exact) mass is 233 g/mol. The number of nitrogens with one attached hydrogen (secondary N) is 1. The summed E-state index contributed by atoms with van der Waals surface area (Å²) >= 11 is 0. The number of rotatable bonds is 4. The molecule has 1 aromatic carbocycles. The fraction of sp³-hybridized carbons (Fsp3) is 0.600. The topological polar surface area (TPSA) is 32.3 Å². The number of hydrogen-bond acceptors (Lipinski definition) is 2. The molecule has 0 spiro atoms. The predicted octanol–water partition coefficient (Wildman–Crippen LogP) is 2.60. The maximum atomic E-state index is 10.6. The SMILES string of the molecule is CCCCc1ccc(C2(O)CCNCC2)cc1. The first-order chi connectivity index (χ1) is 8.24. The van der Waals surface area contributed by atoms with Crippen molar-refractivity contribution in [2.75, 3.05) is 13.1 Å². The molecule has 0 unspecified atom stereocenters. The molecule has 0 aromatic heterocycles. The zero-order chi connectivity index (χ0) is 12.1. The van der Waals surface area contributed by atoms with E-state index in [-0.39, 0.29) is 0 Å². The van der Waals surface area contributed by atoms with E-state index in [1.807, 2.05) is 0 Å². The number of piperidine rings is 1. The van der Waals surface area contributed by atoms with Crippen LogP contribution in [0.1, 0.15) is 43.7 Å². The van der Waals surface area contributed by atoms with Gasteiger partial charge in [-0.3, -0.25) is 0 Å². The molecule has 1 saturated heterocycles. The van der Waals surface area contributed by atoms with Crippen LogP contribution in [0.2, 0.25) is 0 Å². The van der Waals surface area contributed by atoms with Crippen molar-refractivity contribution in [1.29, 1.82) is 0 Å². The molecule has 17 heavy (non-hydrogen) atoms. The van der Waals surface area contributed by atoms with Gasteiger partial charge in [0.25, 0.3) is 0 Å². The van der Waals surface area contributed by atoms with Gasteiger partial charge in [0.2, 0.25) is 0 Å². The minimum atomic E-state index is -0.603. The lowest BCUT2D eigenvalue weighted by Gasteiger charge is -2.33. The van der Waals surface area contributed by atoms with Gasteiger partial charge in [-0.25, -0.2) is 0 Å². The molecule has 1 heterocycles. The molecule has 94 valence electrons. The van der Waals surface area contributed by atoms with E-state index in [0.717, 1.165) is 37.9 Å². The Morgan fingerprint density at radius 1 is 1.18 bits per heavy atom. The first-order valence-corrected chi connectivity index (χ1v) is 6.77. The van der Waals surface area contributed by atoms with Crippen molar-refractivity contribution >= 4 is 0 Å². The zero-order valence-electron chi connectivity index (χ0n) is 10.7. The van der Waals surface area contributed by atoms with Crippen molar-refractivity contribution < 1.29 is 5.11 Å². The normalized spacial score (nSPS) is 19.2. The van der Waals surface area contributed by atoms with E-state index >= 15 is 0 Å². The van der Waals surface area contributed by atoms with Crippen LogP contribution in [0, 0.1) is 0 Å². The highest BCUT2D eigenvalue weighted by Gasteiger charge is 2.30. The van der Waals surface area contributed by atoms with Gasteiger partial charge < -0.3 is 10.4 Å². The molecule has 0 atom stereocenters. The molecule has 2 N–H and O–H groups in total. The van der Waals surface area contributed by atoms with Gasteiger partial charge in [0.05, 0.1) is 5.60 Å². The lowest BCUT2D eigenvalue weighted by molar-refractivity contribution is 0.00593. The molecule has 0 bridgehead atoms. The molecule has 1 fully saturated rings. The van der Waals surface area contributed by atoms with E-state index < -0.39 is 5.60 Å². The van der Waals surface area contributed by atoms with Gasteiger partial charge in [0, 0.05) is 0 Å². The van der Waals surface area contributed by atoms with E-state index in [0.29, 0.717) is 0 Å². The highest BCUT2D eigenvalue weighted by molar-refractivity contribution is 5.27. The van der Waals surface area contributed by atoms with Crippen LogP contribution in [-0.4, -0.2) is 18.2 Å². The fourth-order valence-corrected chi connectivity index (χ4v) is 2.49. The van der Waals surface area contributed by atoms with Crippen molar-refractivity contribution in [2.24, 2.45) is 0 Å². The van der Waals surface area contributed by atoms with Crippen molar-refractivity contribution in [3.05, 3.63) is 35.4 Å². The van der Waals surface area contributed by atoms with Crippen molar-refractivity contribution in [3.63, 3.8) is 0 Å². The predicted molar refractivity (Wildman–Crippen MR) is 71.1 cm³/mol. The maximum absolute atomic E-state index is 10.6. The van der Waals surface area contributed by atoms with E-state index in [1.54, 1.807) is 0 Å². The van der Waals surface area contributed by atoms with E-state index in [4.69, 9.17) is 0 Å². The van der Waals surface area contributed by atoms with Crippen LogP contribution in [0.25, 0.3) is 0 Å². The molecular formula is C15H23NO. The molecular weight excluding hydrogens is 210 g/mol. The minimum Gasteiger partial charge on any atom is -0.385 e. The largest absolute Gasteiger partial charge is 0.385 e. The Balaban J connectivity index is 2.06. The Kier molecular flexibility index (Phi) is 4.19.